The molecule has 15 heavy (non-hydrogen) atoms. The summed E-state index contributed by atoms with van der Waals surface area (Å²) < 4.78 is 0. The molecule has 0 aliphatic rings. The van der Waals surface area contributed by atoms with Gasteiger partial charge in [0.2, 0.25) is 5.91 Å². The predicted octanol–water partition coefficient (Wildman–Crippen LogP) is 2.43. The van der Waals surface area contributed by atoms with E-state index >= 15 is 0 Å². The minimum atomic E-state index is -0.489. The molecule has 0 spiro atoms. The highest BCUT2D eigenvalue weighted by Gasteiger charge is 2.24. The standard InChI is InChI=1S/C12H22N2O/c1-5-6-7-8-14(4)12(15)11(9-13)10(2)3/h10-11H,5-8H2,1-4H3. The topological polar surface area (TPSA) is 44.1 Å². The maximum Gasteiger partial charge on any atom is 0.239 e. The normalized spacial score (nSPS) is 12.3. The van der Waals surface area contributed by atoms with Crippen LogP contribution in [-0.2, 0) is 4.79 Å². The highest BCUT2D eigenvalue weighted by atomic mass is 16.2. The van der Waals surface area contributed by atoms with E-state index < -0.39 is 5.92 Å². The van der Waals surface area contributed by atoms with Crippen LogP contribution in [0.15, 0.2) is 0 Å². The van der Waals surface area contributed by atoms with Crippen LogP contribution in [-0.4, -0.2) is 24.4 Å². The molecule has 1 amide bonds. The van der Waals surface area contributed by atoms with Crippen molar-refractivity contribution in [3.05, 3.63) is 0 Å². The van der Waals surface area contributed by atoms with Crippen LogP contribution in [0.25, 0.3) is 0 Å². The summed E-state index contributed by atoms with van der Waals surface area (Å²) in [5, 5.41) is 8.89. The Labute approximate surface area is 93.1 Å². The van der Waals surface area contributed by atoms with Crippen molar-refractivity contribution in [3.8, 4) is 6.07 Å². The number of unbranched alkanes of at least 4 members (excludes halogenated alkanes) is 2. The zero-order valence-corrected chi connectivity index (χ0v) is 10.3. The monoisotopic (exact) mass is 210 g/mol. The molecule has 0 aromatic carbocycles. The van der Waals surface area contributed by atoms with Gasteiger partial charge in [-0.25, -0.2) is 0 Å². The second-order valence-electron chi connectivity index (χ2n) is 4.32. The number of carbonyl (C=O) groups excluding carboxylic acids is 1. The molecule has 0 aromatic rings. The van der Waals surface area contributed by atoms with Crippen LogP contribution in [0.4, 0.5) is 0 Å². The number of carbonyl (C=O) groups is 1. The van der Waals surface area contributed by atoms with E-state index in [2.05, 4.69) is 13.0 Å². The maximum atomic E-state index is 11.8. The van der Waals surface area contributed by atoms with Crippen LogP contribution in [0.2, 0.25) is 0 Å². The highest BCUT2D eigenvalue weighted by molar-refractivity contribution is 5.81. The van der Waals surface area contributed by atoms with Crippen LogP contribution in [0.1, 0.15) is 40.0 Å². The number of nitriles is 1. The molecular weight excluding hydrogens is 188 g/mol. The first-order valence-electron chi connectivity index (χ1n) is 5.69. The lowest BCUT2D eigenvalue weighted by Gasteiger charge is -2.21. The van der Waals surface area contributed by atoms with Crippen molar-refractivity contribution in [2.45, 2.75) is 40.0 Å². The lowest BCUT2D eigenvalue weighted by Crippen LogP contribution is -2.35. The molecule has 0 aliphatic heterocycles. The van der Waals surface area contributed by atoms with E-state index in [1.165, 1.54) is 0 Å². The van der Waals surface area contributed by atoms with E-state index in [0.29, 0.717) is 0 Å². The van der Waals surface area contributed by atoms with Gasteiger partial charge in [-0.2, -0.15) is 5.26 Å². The van der Waals surface area contributed by atoms with Gasteiger partial charge in [-0.15, -0.1) is 0 Å². The predicted molar refractivity (Wildman–Crippen MR) is 61.1 cm³/mol. The Morgan fingerprint density at radius 3 is 2.40 bits per heavy atom. The van der Waals surface area contributed by atoms with Gasteiger partial charge in [0.1, 0.15) is 5.92 Å². The van der Waals surface area contributed by atoms with E-state index in [0.717, 1.165) is 25.8 Å². The molecule has 0 saturated heterocycles. The first kappa shape index (κ1) is 14.0. The minimum absolute atomic E-state index is 0.0383. The van der Waals surface area contributed by atoms with E-state index in [-0.39, 0.29) is 11.8 Å². The summed E-state index contributed by atoms with van der Waals surface area (Å²) in [7, 11) is 1.78. The summed E-state index contributed by atoms with van der Waals surface area (Å²) in [5.74, 6) is -0.434. The molecule has 0 aromatic heterocycles. The van der Waals surface area contributed by atoms with Gasteiger partial charge < -0.3 is 4.90 Å². The Hall–Kier alpha value is -1.04. The van der Waals surface area contributed by atoms with Crippen molar-refractivity contribution in [1.82, 2.24) is 4.90 Å². The molecule has 0 bridgehead atoms. The van der Waals surface area contributed by atoms with Crippen LogP contribution < -0.4 is 0 Å². The molecule has 3 nitrogen and oxygen atoms in total. The summed E-state index contributed by atoms with van der Waals surface area (Å²) in [5.41, 5.74) is 0. The molecule has 0 heterocycles. The Kier molecular flexibility index (Phi) is 6.77. The Bertz CT molecular complexity index is 230. The van der Waals surface area contributed by atoms with E-state index in [4.69, 9.17) is 5.26 Å². The van der Waals surface area contributed by atoms with Gasteiger partial charge in [0, 0.05) is 13.6 Å². The van der Waals surface area contributed by atoms with Gasteiger partial charge in [0.05, 0.1) is 6.07 Å². The van der Waals surface area contributed by atoms with Gasteiger partial charge in [0.15, 0.2) is 0 Å². The molecule has 0 N–H and O–H groups in total. The summed E-state index contributed by atoms with van der Waals surface area (Å²) in [6.07, 6.45) is 3.30. The third-order valence-corrected chi connectivity index (χ3v) is 2.55. The van der Waals surface area contributed by atoms with Crippen LogP contribution in [0, 0.1) is 23.2 Å². The average Bonchev–Trinajstić information content (AvgIpc) is 2.18. The van der Waals surface area contributed by atoms with Crippen molar-refractivity contribution < 1.29 is 4.79 Å². The molecule has 0 aliphatic carbocycles. The molecule has 3 heteroatoms. The molecule has 0 rings (SSSR count). The fourth-order valence-corrected chi connectivity index (χ4v) is 1.44. The summed E-state index contributed by atoms with van der Waals surface area (Å²) >= 11 is 0. The molecule has 0 saturated carbocycles. The molecule has 1 atom stereocenters. The fourth-order valence-electron chi connectivity index (χ4n) is 1.44. The van der Waals surface area contributed by atoms with Crippen molar-refractivity contribution >= 4 is 5.91 Å². The molecular formula is C12H22N2O. The lowest BCUT2D eigenvalue weighted by atomic mass is 9.96. The summed E-state index contributed by atoms with van der Waals surface area (Å²) in [4.78, 5) is 13.5. The Balaban J connectivity index is 4.12. The second-order valence-corrected chi connectivity index (χ2v) is 4.32. The molecule has 0 fully saturated rings. The smallest absolute Gasteiger partial charge is 0.239 e. The molecule has 1 unspecified atom stereocenters. The second kappa shape index (κ2) is 7.28. The maximum absolute atomic E-state index is 11.8. The molecule has 86 valence electrons. The lowest BCUT2D eigenvalue weighted by molar-refractivity contribution is -0.133. The van der Waals surface area contributed by atoms with Crippen molar-refractivity contribution in [3.63, 3.8) is 0 Å². The number of rotatable bonds is 6. The van der Waals surface area contributed by atoms with E-state index in [9.17, 15) is 4.79 Å². The number of amides is 1. The van der Waals surface area contributed by atoms with Crippen molar-refractivity contribution in [2.75, 3.05) is 13.6 Å². The fraction of sp³-hybridized carbons (Fsp3) is 0.833. The van der Waals surface area contributed by atoms with Crippen LogP contribution in [0.5, 0.6) is 0 Å². The third kappa shape index (κ3) is 4.83. The SMILES string of the molecule is CCCCCN(C)C(=O)C(C#N)C(C)C. The first-order chi connectivity index (χ1) is 7.04. The van der Waals surface area contributed by atoms with Crippen LogP contribution in [0.3, 0.4) is 0 Å². The first-order valence-corrected chi connectivity index (χ1v) is 5.69. The van der Waals surface area contributed by atoms with Crippen LogP contribution >= 0.6 is 0 Å². The number of hydrogen-bond acceptors (Lipinski definition) is 2. The largest absolute Gasteiger partial charge is 0.345 e. The average molecular weight is 210 g/mol. The zero-order valence-electron chi connectivity index (χ0n) is 10.3. The summed E-state index contributed by atoms with van der Waals surface area (Å²) in [6, 6.07) is 2.08. The van der Waals surface area contributed by atoms with Gasteiger partial charge in [-0.1, -0.05) is 33.6 Å². The number of nitrogens with zero attached hydrogens (tertiary/aromatic N) is 2. The van der Waals surface area contributed by atoms with Gasteiger partial charge >= 0.3 is 0 Å². The van der Waals surface area contributed by atoms with Crippen molar-refractivity contribution in [1.29, 1.82) is 5.26 Å². The van der Waals surface area contributed by atoms with Crippen molar-refractivity contribution in [2.24, 2.45) is 11.8 Å². The number of hydrogen-bond donors (Lipinski definition) is 0. The quantitative estimate of drug-likeness (QED) is 0.632. The van der Waals surface area contributed by atoms with Gasteiger partial charge in [-0.05, 0) is 12.3 Å². The van der Waals surface area contributed by atoms with Gasteiger partial charge in [0.25, 0.3) is 0 Å². The summed E-state index contributed by atoms with van der Waals surface area (Å²) in [6.45, 7) is 6.71. The Morgan fingerprint density at radius 1 is 1.40 bits per heavy atom. The highest BCUT2D eigenvalue weighted by Crippen LogP contribution is 2.13. The zero-order chi connectivity index (χ0) is 11.8. The third-order valence-electron chi connectivity index (χ3n) is 2.55. The van der Waals surface area contributed by atoms with E-state index in [1.807, 2.05) is 13.8 Å². The Morgan fingerprint density at radius 2 is 2.00 bits per heavy atom. The molecule has 0 radical (unpaired) electrons. The minimum Gasteiger partial charge on any atom is -0.345 e. The van der Waals surface area contributed by atoms with E-state index in [1.54, 1.807) is 11.9 Å². The van der Waals surface area contributed by atoms with Gasteiger partial charge in [-0.3, -0.25) is 4.79 Å².